The summed E-state index contributed by atoms with van der Waals surface area (Å²) in [6.07, 6.45) is -0.997. The number of ether oxygens (including phenoxy) is 2. The van der Waals surface area contributed by atoms with E-state index in [9.17, 15) is 18.0 Å². The molecule has 0 aliphatic heterocycles. The first-order chi connectivity index (χ1) is 14.3. The van der Waals surface area contributed by atoms with Gasteiger partial charge in [0.05, 0.1) is 41.5 Å². The van der Waals surface area contributed by atoms with Crippen LogP contribution in [0.3, 0.4) is 0 Å². The number of anilines is 1. The molecule has 11 heteroatoms. The van der Waals surface area contributed by atoms with Crippen molar-refractivity contribution < 1.29 is 27.4 Å². The molecule has 0 fully saturated rings. The highest BCUT2D eigenvalue weighted by molar-refractivity contribution is 6.04. The molecule has 0 bridgehead atoms. The number of rotatable bonds is 7. The van der Waals surface area contributed by atoms with Gasteiger partial charge >= 0.3 is 6.18 Å². The predicted molar refractivity (Wildman–Crippen MR) is 101 cm³/mol. The third-order valence-corrected chi connectivity index (χ3v) is 4.08. The Morgan fingerprint density at radius 1 is 1.10 bits per heavy atom. The van der Waals surface area contributed by atoms with E-state index in [0.717, 1.165) is 12.3 Å². The number of carbonyl (C=O) groups excluding carboxylic acids is 1. The highest BCUT2D eigenvalue weighted by Crippen LogP contribution is 2.28. The third-order valence-electron chi connectivity index (χ3n) is 4.08. The van der Waals surface area contributed by atoms with Crippen molar-refractivity contribution in [2.24, 2.45) is 0 Å². The summed E-state index contributed by atoms with van der Waals surface area (Å²) in [5.74, 6) is 0.113. The minimum atomic E-state index is -4.48. The zero-order valence-electron chi connectivity index (χ0n) is 16.1. The van der Waals surface area contributed by atoms with Gasteiger partial charge in [-0.25, -0.2) is 14.6 Å². The van der Waals surface area contributed by atoms with E-state index in [1.54, 1.807) is 26.2 Å². The van der Waals surface area contributed by atoms with E-state index in [4.69, 9.17) is 9.47 Å². The monoisotopic (exact) mass is 421 g/mol. The molecule has 1 N–H and O–H groups in total. The third kappa shape index (κ3) is 4.92. The molecule has 0 saturated carbocycles. The molecule has 0 saturated heterocycles. The normalized spacial score (nSPS) is 11.4. The number of aromatic nitrogens is 4. The first-order valence-corrected chi connectivity index (χ1v) is 8.77. The molecule has 1 amide bonds. The van der Waals surface area contributed by atoms with E-state index in [1.165, 1.54) is 23.1 Å². The molecule has 3 aromatic rings. The fourth-order valence-electron chi connectivity index (χ4n) is 2.51. The van der Waals surface area contributed by atoms with Gasteiger partial charge in [0.2, 0.25) is 5.88 Å². The summed E-state index contributed by atoms with van der Waals surface area (Å²) < 4.78 is 49.6. The van der Waals surface area contributed by atoms with Crippen LogP contribution in [-0.4, -0.2) is 46.0 Å². The van der Waals surface area contributed by atoms with Crippen LogP contribution in [0.2, 0.25) is 0 Å². The number of hydrogen-bond donors (Lipinski definition) is 1. The van der Waals surface area contributed by atoms with Crippen molar-refractivity contribution in [3.05, 3.63) is 59.7 Å². The molecule has 30 heavy (non-hydrogen) atoms. The maximum absolute atomic E-state index is 12.7. The second kappa shape index (κ2) is 8.91. The van der Waals surface area contributed by atoms with E-state index in [1.807, 2.05) is 0 Å². The Bertz CT molecular complexity index is 1000. The quantitative estimate of drug-likeness (QED) is 0.589. The molecule has 0 atom stereocenters. The zero-order valence-corrected chi connectivity index (χ0v) is 16.1. The van der Waals surface area contributed by atoms with Gasteiger partial charge in [0.25, 0.3) is 5.91 Å². The van der Waals surface area contributed by atoms with E-state index < -0.39 is 17.6 Å². The molecule has 3 aromatic heterocycles. The van der Waals surface area contributed by atoms with Crippen LogP contribution in [0.4, 0.5) is 18.9 Å². The van der Waals surface area contributed by atoms with Gasteiger partial charge in [-0.1, -0.05) is 0 Å². The lowest BCUT2D eigenvalue weighted by atomic mass is 10.2. The Morgan fingerprint density at radius 3 is 2.50 bits per heavy atom. The van der Waals surface area contributed by atoms with Gasteiger partial charge in [-0.3, -0.25) is 4.79 Å². The summed E-state index contributed by atoms with van der Waals surface area (Å²) in [5, 5.41) is 6.74. The van der Waals surface area contributed by atoms with Crippen LogP contribution in [0.5, 0.6) is 5.88 Å². The Kier molecular flexibility index (Phi) is 6.31. The minimum Gasteiger partial charge on any atom is -0.475 e. The van der Waals surface area contributed by atoms with Crippen molar-refractivity contribution in [1.29, 1.82) is 0 Å². The van der Waals surface area contributed by atoms with Gasteiger partial charge in [-0.2, -0.15) is 18.3 Å². The average Bonchev–Trinajstić information content (AvgIpc) is 3.10. The number of hydrogen-bond acceptors (Lipinski definition) is 6. The van der Waals surface area contributed by atoms with Gasteiger partial charge < -0.3 is 14.8 Å². The lowest BCUT2D eigenvalue weighted by Crippen LogP contribution is -2.14. The van der Waals surface area contributed by atoms with Crippen LogP contribution in [0.15, 0.2) is 42.9 Å². The van der Waals surface area contributed by atoms with Crippen molar-refractivity contribution in [1.82, 2.24) is 19.7 Å². The number of nitrogens with one attached hydrogen (secondary N) is 1. The van der Waals surface area contributed by atoms with E-state index >= 15 is 0 Å². The molecule has 0 unspecified atom stereocenters. The first kappa shape index (κ1) is 21.2. The van der Waals surface area contributed by atoms with Crippen LogP contribution in [-0.2, 0) is 10.9 Å². The summed E-state index contributed by atoms with van der Waals surface area (Å²) in [7, 11) is 1.56. The number of carbonyl (C=O) groups is 1. The molecule has 158 valence electrons. The number of nitrogens with zero attached hydrogens (tertiary/aromatic N) is 4. The van der Waals surface area contributed by atoms with E-state index in [-0.39, 0.29) is 11.4 Å². The number of amides is 1. The smallest absolute Gasteiger partial charge is 0.417 e. The summed E-state index contributed by atoms with van der Waals surface area (Å²) in [4.78, 5) is 20.4. The second-order valence-corrected chi connectivity index (χ2v) is 6.14. The number of halogens is 3. The number of pyridine rings is 2. The highest BCUT2D eigenvalue weighted by atomic mass is 19.4. The number of methoxy groups -OCH3 is 1. The zero-order chi connectivity index (χ0) is 21.7. The molecule has 3 rings (SSSR count). The van der Waals surface area contributed by atoms with Gasteiger partial charge in [0.15, 0.2) is 5.82 Å². The predicted octanol–water partition coefficient (Wildman–Crippen LogP) is 3.27. The van der Waals surface area contributed by atoms with E-state index in [2.05, 4.69) is 20.4 Å². The Labute approximate surface area is 169 Å². The average molecular weight is 421 g/mol. The van der Waals surface area contributed by atoms with Crippen molar-refractivity contribution in [2.45, 2.75) is 13.1 Å². The maximum atomic E-state index is 12.7. The van der Waals surface area contributed by atoms with Gasteiger partial charge in [0.1, 0.15) is 6.61 Å². The van der Waals surface area contributed by atoms with Crippen LogP contribution >= 0.6 is 0 Å². The Balaban J connectivity index is 1.70. The van der Waals surface area contributed by atoms with Gasteiger partial charge in [0, 0.05) is 19.4 Å². The molecule has 3 heterocycles. The van der Waals surface area contributed by atoms with Crippen molar-refractivity contribution in [2.75, 3.05) is 25.6 Å². The van der Waals surface area contributed by atoms with Crippen LogP contribution in [0.25, 0.3) is 5.82 Å². The summed E-state index contributed by atoms with van der Waals surface area (Å²) in [5.41, 5.74) is 0.249. The van der Waals surface area contributed by atoms with Crippen LogP contribution in [0, 0.1) is 6.92 Å². The second-order valence-electron chi connectivity index (χ2n) is 6.14. The fourth-order valence-corrected chi connectivity index (χ4v) is 2.51. The number of alkyl halides is 3. The molecule has 0 radical (unpaired) electrons. The van der Waals surface area contributed by atoms with Crippen LogP contribution in [0.1, 0.15) is 21.6 Å². The SMILES string of the molecule is COCCOc1ccc(NC(=O)c2cnn(-c3ccc(C(F)(F)F)cn3)c2C)cn1. The molecule has 0 spiro atoms. The fraction of sp³-hybridized carbons (Fsp3) is 0.263. The molecule has 0 aliphatic carbocycles. The summed E-state index contributed by atoms with van der Waals surface area (Å²) in [6, 6.07) is 5.33. The lowest BCUT2D eigenvalue weighted by Gasteiger charge is -2.09. The van der Waals surface area contributed by atoms with Gasteiger partial charge in [-0.05, 0) is 25.1 Å². The summed E-state index contributed by atoms with van der Waals surface area (Å²) >= 11 is 0. The van der Waals surface area contributed by atoms with E-state index in [0.29, 0.717) is 30.5 Å². The van der Waals surface area contributed by atoms with Crippen molar-refractivity contribution in [3.8, 4) is 11.7 Å². The Morgan fingerprint density at radius 2 is 1.90 bits per heavy atom. The topological polar surface area (TPSA) is 91.2 Å². The molecular weight excluding hydrogens is 403 g/mol. The standard InChI is InChI=1S/C19H18F3N5O3/c1-12-15(11-25-27(12)16-5-3-13(9-23-16)19(20,21)22)18(28)26-14-4-6-17(24-10-14)30-8-7-29-2/h3-6,9-11H,7-8H2,1-2H3,(H,26,28). The lowest BCUT2D eigenvalue weighted by molar-refractivity contribution is -0.137. The molecule has 0 aliphatic rings. The largest absolute Gasteiger partial charge is 0.475 e. The summed E-state index contributed by atoms with van der Waals surface area (Å²) in [6.45, 7) is 2.40. The van der Waals surface area contributed by atoms with Crippen molar-refractivity contribution >= 4 is 11.6 Å². The first-order valence-electron chi connectivity index (χ1n) is 8.77. The van der Waals surface area contributed by atoms with Crippen LogP contribution < -0.4 is 10.1 Å². The minimum absolute atomic E-state index is 0.166. The molecular formula is C19H18F3N5O3. The Hall–Kier alpha value is -3.47. The maximum Gasteiger partial charge on any atom is 0.417 e. The van der Waals surface area contributed by atoms with Gasteiger partial charge in [-0.15, -0.1) is 0 Å². The molecule has 8 nitrogen and oxygen atoms in total. The highest BCUT2D eigenvalue weighted by Gasteiger charge is 2.30. The van der Waals surface area contributed by atoms with Crippen molar-refractivity contribution in [3.63, 3.8) is 0 Å². The molecule has 0 aromatic carbocycles.